The minimum Gasteiger partial charge on any atom is -0.492 e. The van der Waals surface area contributed by atoms with Gasteiger partial charge < -0.3 is 14.6 Å². The van der Waals surface area contributed by atoms with Gasteiger partial charge in [-0.05, 0) is 18.4 Å². The summed E-state index contributed by atoms with van der Waals surface area (Å²) in [6, 6.07) is 1.84. The van der Waals surface area contributed by atoms with Gasteiger partial charge in [0.1, 0.15) is 11.4 Å². The summed E-state index contributed by atoms with van der Waals surface area (Å²) < 4.78 is 10.7. The van der Waals surface area contributed by atoms with E-state index in [9.17, 15) is 5.11 Å². The van der Waals surface area contributed by atoms with Crippen molar-refractivity contribution in [2.45, 2.75) is 32.8 Å². The molecule has 1 atom stereocenters. The number of ether oxygens (including phenoxy) is 2. The summed E-state index contributed by atoms with van der Waals surface area (Å²) in [5.41, 5.74) is -0.305. The Hall–Kier alpha value is -1.13. The van der Waals surface area contributed by atoms with Gasteiger partial charge in [-0.1, -0.05) is 20.8 Å². The number of hydrogen-bond acceptors (Lipinski definition) is 4. The molecule has 1 N–H and O–H groups in total. The molecule has 0 fully saturated rings. The van der Waals surface area contributed by atoms with Crippen LogP contribution in [-0.2, 0) is 10.3 Å². The van der Waals surface area contributed by atoms with Gasteiger partial charge in [0.25, 0.3) is 0 Å². The zero-order valence-corrected chi connectivity index (χ0v) is 11.6. The Bertz CT molecular complexity index is 368. The van der Waals surface area contributed by atoms with Crippen LogP contribution in [0.3, 0.4) is 0 Å². The molecule has 18 heavy (non-hydrogen) atoms. The lowest BCUT2D eigenvalue weighted by Gasteiger charge is -2.31. The van der Waals surface area contributed by atoms with E-state index in [2.05, 4.69) is 4.98 Å². The summed E-state index contributed by atoms with van der Waals surface area (Å²) >= 11 is 0. The fourth-order valence-electron chi connectivity index (χ4n) is 1.76. The monoisotopic (exact) mass is 253 g/mol. The number of pyridine rings is 1. The number of nitrogens with zero attached hydrogens (tertiary/aromatic N) is 1. The lowest BCUT2D eigenvalue weighted by Crippen LogP contribution is -2.37. The lowest BCUT2D eigenvalue weighted by molar-refractivity contribution is -0.0703. The van der Waals surface area contributed by atoms with Gasteiger partial charge in [0.2, 0.25) is 0 Å². The van der Waals surface area contributed by atoms with Crippen LogP contribution in [0.4, 0.5) is 0 Å². The number of aromatic nitrogens is 1. The second-order valence-electron chi connectivity index (χ2n) is 4.77. The first kappa shape index (κ1) is 14.9. The Morgan fingerprint density at radius 3 is 2.67 bits per heavy atom. The van der Waals surface area contributed by atoms with E-state index in [1.54, 1.807) is 19.5 Å². The van der Waals surface area contributed by atoms with Crippen molar-refractivity contribution >= 4 is 0 Å². The molecule has 0 saturated heterocycles. The first-order valence-corrected chi connectivity index (χ1v) is 6.34. The van der Waals surface area contributed by atoms with Crippen molar-refractivity contribution in [2.24, 2.45) is 5.92 Å². The summed E-state index contributed by atoms with van der Waals surface area (Å²) in [5.74, 6) is 0.713. The molecule has 1 unspecified atom stereocenters. The third kappa shape index (κ3) is 3.43. The van der Waals surface area contributed by atoms with Crippen LogP contribution in [0.25, 0.3) is 0 Å². The largest absolute Gasteiger partial charge is 0.492 e. The van der Waals surface area contributed by atoms with Gasteiger partial charge in [-0.2, -0.15) is 0 Å². The van der Waals surface area contributed by atoms with E-state index in [1.807, 2.05) is 26.8 Å². The molecule has 0 amide bonds. The topological polar surface area (TPSA) is 51.6 Å². The Kier molecular flexibility index (Phi) is 5.56. The summed E-state index contributed by atoms with van der Waals surface area (Å²) in [6.07, 6.45) is 4.27. The van der Waals surface area contributed by atoms with Gasteiger partial charge in [-0.3, -0.25) is 4.98 Å². The third-order valence-corrected chi connectivity index (χ3v) is 3.01. The van der Waals surface area contributed by atoms with Gasteiger partial charge in [-0.25, -0.2) is 0 Å². The Labute approximate surface area is 109 Å². The van der Waals surface area contributed by atoms with Gasteiger partial charge in [0.05, 0.1) is 19.4 Å². The van der Waals surface area contributed by atoms with Crippen molar-refractivity contribution in [3.8, 4) is 5.75 Å². The van der Waals surface area contributed by atoms with Crippen LogP contribution in [-0.4, -0.2) is 30.4 Å². The molecule has 4 nitrogen and oxygen atoms in total. The molecular formula is C14H23NO3. The normalized spacial score (nSPS) is 14.6. The third-order valence-electron chi connectivity index (χ3n) is 3.01. The van der Waals surface area contributed by atoms with Crippen LogP contribution in [0, 0.1) is 5.92 Å². The van der Waals surface area contributed by atoms with Crippen LogP contribution < -0.4 is 4.74 Å². The molecule has 0 aromatic carbocycles. The lowest BCUT2D eigenvalue weighted by atomic mass is 9.85. The van der Waals surface area contributed by atoms with Crippen molar-refractivity contribution < 1.29 is 14.6 Å². The molecule has 0 aliphatic carbocycles. The van der Waals surface area contributed by atoms with Crippen LogP contribution in [0.1, 0.15) is 32.8 Å². The van der Waals surface area contributed by atoms with Crippen LogP contribution in [0.5, 0.6) is 5.75 Å². The zero-order valence-electron chi connectivity index (χ0n) is 11.6. The minimum absolute atomic E-state index is 0.0284. The average molecular weight is 253 g/mol. The fraction of sp³-hybridized carbons (Fsp3) is 0.643. The number of rotatable bonds is 7. The SMILES string of the molecule is CCCOc1cncc(C(O)(COC)C(C)C)c1. The maximum Gasteiger partial charge on any atom is 0.137 e. The highest BCUT2D eigenvalue weighted by atomic mass is 16.5. The highest BCUT2D eigenvalue weighted by Gasteiger charge is 2.33. The first-order chi connectivity index (χ1) is 8.54. The molecule has 102 valence electrons. The Morgan fingerprint density at radius 2 is 2.11 bits per heavy atom. The number of methoxy groups -OCH3 is 1. The second kappa shape index (κ2) is 6.71. The summed E-state index contributed by atoms with van der Waals surface area (Å²) in [4.78, 5) is 4.13. The molecule has 1 aromatic rings. The predicted octanol–water partition coefficient (Wildman–Crippen LogP) is 2.36. The van der Waals surface area contributed by atoms with Crippen molar-refractivity contribution in [1.29, 1.82) is 0 Å². The Morgan fingerprint density at radius 1 is 1.39 bits per heavy atom. The molecule has 4 heteroatoms. The summed E-state index contributed by atoms with van der Waals surface area (Å²) in [6.45, 7) is 6.85. The zero-order chi connectivity index (χ0) is 13.6. The van der Waals surface area contributed by atoms with Crippen LogP contribution in [0.2, 0.25) is 0 Å². The van der Waals surface area contributed by atoms with E-state index in [0.717, 1.165) is 12.0 Å². The smallest absolute Gasteiger partial charge is 0.137 e. The summed E-state index contributed by atoms with van der Waals surface area (Å²) in [7, 11) is 1.58. The predicted molar refractivity (Wildman–Crippen MR) is 70.6 cm³/mol. The molecule has 0 spiro atoms. The van der Waals surface area contributed by atoms with Crippen molar-refractivity contribution in [1.82, 2.24) is 4.98 Å². The van der Waals surface area contributed by atoms with E-state index >= 15 is 0 Å². The van der Waals surface area contributed by atoms with Gasteiger partial charge >= 0.3 is 0 Å². The molecule has 1 rings (SSSR count). The van der Waals surface area contributed by atoms with Crippen molar-refractivity contribution in [3.05, 3.63) is 24.0 Å². The maximum absolute atomic E-state index is 10.7. The van der Waals surface area contributed by atoms with Crippen LogP contribution >= 0.6 is 0 Å². The molecule has 1 heterocycles. The highest BCUT2D eigenvalue weighted by Crippen LogP contribution is 2.31. The van der Waals surface area contributed by atoms with Gasteiger partial charge in [-0.15, -0.1) is 0 Å². The summed E-state index contributed by atoms with van der Waals surface area (Å²) in [5, 5.41) is 10.7. The van der Waals surface area contributed by atoms with Gasteiger partial charge in [0, 0.05) is 18.9 Å². The van der Waals surface area contributed by atoms with Crippen molar-refractivity contribution in [3.63, 3.8) is 0 Å². The molecule has 0 aliphatic heterocycles. The molecule has 0 radical (unpaired) electrons. The highest BCUT2D eigenvalue weighted by molar-refractivity contribution is 5.28. The quantitative estimate of drug-likeness (QED) is 0.810. The van der Waals surface area contributed by atoms with Gasteiger partial charge in [0.15, 0.2) is 0 Å². The van der Waals surface area contributed by atoms with E-state index in [1.165, 1.54) is 0 Å². The minimum atomic E-state index is -1.03. The molecule has 1 aromatic heterocycles. The van der Waals surface area contributed by atoms with E-state index in [-0.39, 0.29) is 12.5 Å². The maximum atomic E-state index is 10.7. The second-order valence-corrected chi connectivity index (χ2v) is 4.77. The number of hydrogen-bond donors (Lipinski definition) is 1. The molecule has 0 saturated carbocycles. The molecule has 0 bridgehead atoms. The fourth-order valence-corrected chi connectivity index (χ4v) is 1.76. The van der Waals surface area contributed by atoms with E-state index < -0.39 is 5.60 Å². The average Bonchev–Trinajstić information content (AvgIpc) is 2.36. The van der Waals surface area contributed by atoms with E-state index in [4.69, 9.17) is 9.47 Å². The standard InChI is InChI=1S/C14H23NO3/c1-5-6-18-13-7-12(8-15-9-13)14(16,10-17-4)11(2)3/h7-9,11,16H,5-6,10H2,1-4H3. The molecular weight excluding hydrogens is 230 g/mol. The number of aliphatic hydroxyl groups is 1. The molecule has 0 aliphatic rings. The Balaban J connectivity index is 2.98. The van der Waals surface area contributed by atoms with E-state index in [0.29, 0.717) is 12.4 Å². The first-order valence-electron chi connectivity index (χ1n) is 6.34. The van der Waals surface area contributed by atoms with Crippen molar-refractivity contribution in [2.75, 3.05) is 20.3 Å². The van der Waals surface area contributed by atoms with Crippen LogP contribution in [0.15, 0.2) is 18.5 Å².